The Kier molecular flexibility index (Phi) is 4.73. The fourth-order valence-corrected chi connectivity index (χ4v) is 2.13. The summed E-state index contributed by atoms with van der Waals surface area (Å²) in [6, 6.07) is 10.5. The number of hydrogen-bond acceptors (Lipinski definition) is 1. The van der Waals surface area contributed by atoms with Gasteiger partial charge in [-0.3, -0.25) is 4.79 Å². The lowest BCUT2D eigenvalue weighted by molar-refractivity contribution is -0.116. The topological polar surface area (TPSA) is 29.1 Å². The maximum absolute atomic E-state index is 13.5. The molecule has 20 heavy (non-hydrogen) atoms. The van der Waals surface area contributed by atoms with Crippen LogP contribution in [0, 0.1) is 11.6 Å². The van der Waals surface area contributed by atoms with E-state index in [4.69, 9.17) is 11.6 Å². The second-order valence-corrected chi connectivity index (χ2v) is 5.30. The van der Waals surface area contributed by atoms with Gasteiger partial charge >= 0.3 is 0 Å². The molecule has 0 aliphatic rings. The third-order valence-electron chi connectivity index (χ3n) is 2.59. The largest absolute Gasteiger partial charge is 0.322 e. The number of anilines is 1. The minimum absolute atomic E-state index is 0.0556. The summed E-state index contributed by atoms with van der Waals surface area (Å²) in [6.45, 7) is 0. The van der Waals surface area contributed by atoms with Crippen molar-refractivity contribution in [2.24, 2.45) is 0 Å². The molecule has 1 amide bonds. The van der Waals surface area contributed by atoms with Gasteiger partial charge in [0.1, 0.15) is 17.0 Å². The van der Waals surface area contributed by atoms with Crippen molar-refractivity contribution < 1.29 is 13.6 Å². The van der Waals surface area contributed by atoms with E-state index in [-0.39, 0.29) is 10.2 Å². The van der Waals surface area contributed by atoms with E-state index >= 15 is 0 Å². The summed E-state index contributed by atoms with van der Waals surface area (Å²) < 4.78 is 26.7. The highest BCUT2D eigenvalue weighted by atomic mass is 79.9. The Morgan fingerprint density at radius 1 is 1.15 bits per heavy atom. The molecule has 2 nitrogen and oxygen atoms in total. The Labute approximate surface area is 127 Å². The summed E-state index contributed by atoms with van der Waals surface area (Å²) in [7, 11) is 0. The van der Waals surface area contributed by atoms with Gasteiger partial charge in [0.15, 0.2) is 0 Å². The maximum Gasteiger partial charge on any atom is 0.247 e. The molecule has 104 valence electrons. The first-order valence-electron chi connectivity index (χ1n) is 5.63. The summed E-state index contributed by atoms with van der Waals surface area (Å²) in [6.07, 6.45) is 0. The molecule has 6 heteroatoms. The van der Waals surface area contributed by atoms with Gasteiger partial charge in [-0.05, 0) is 27.6 Å². The van der Waals surface area contributed by atoms with Crippen molar-refractivity contribution in [1.82, 2.24) is 0 Å². The van der Waals surface area contributed by atoms with E-state index in [2.05, 4.69) is 21.2 Å². The number of hydrogen-bond donors (Lipinski definition) is 1. The molecular formula is C14H9BrClF2NO. The zero-order valence-corrected chi connectivity index (χ0v) is 12.4. The highest BCUT2D eigenvalue weighted by Crippen LogP contribution is 2.26. The number of amides is 1. The van der Waals surface area contributed by atoms with E-state index < -0.39 is 22.9 Å². The van der Waals surface area contributed by atoms with Gasteiger partial charge in [0.2, 0.25) is 5.91 Å². The number of carbonyl (C=O) groups excluding carboxylic acids is 1. The molecule has 2 aromatic carbocycles. The molecular weight excluding hydrogens is 352 g/mol. The van der Waals surface area contributed by atoms with Crippen LogP contribution in [0.1, 0.15) is 10.9 Å². The van der Waals surface area contributed by atoms with Crippen molar-refractivity contribution >= 4 is 39.1 Å². The molecule has 1 N–H and O–H groups in total. The first-order chi connectivity index (χ1) is 9.49. The minimum atomic E-state index is -0.959. The summed E-state index contributed by atoms with van der Waals surface area (Å²) in [5.41, 5.74) is 0.457. The highest BCUT2D eigenvalue weighted by Gasteiger charge is 2.19. The van der Waals surface area contributed by atoms with E-state index in [1.807, 2.05) is 0 Å². The zero-order valence-electron chi connectivity index (χ0n) is 10.0. The monoisotopic (exact) mass is 359 g/mol. The third-order valence-corrected chi connectivity index (χ3v) is 3.65. The number of benzene rings is 2. The van der Waals surface area contributed by atoms with Gasteiger partial charge in [0.05, 0.1) is 10.2 Å². The van der Waals surface area contributed by atoms with Crippen LogP contribution in [0.15, 0.2) is 46.9 Å². The normalized spacial score (nSPS) is 12.0. The van der Waals surface area contributed by atoms with Gasteiger partial charge in [0.25, 0.3) is 0 Å². The number of carbonyl (C=O) groups is 1. The molecule has 0 saturated heterocycles. The molecule has 2 rings (SSSR count). The van der Waals surface area contributed by atoms with Gasteiger partial charge in [-0.2, -0.15) is 0 Å². The fraction of sp³-hybridized carbons (Fsp3) is 0.0714. The molecule has 0 radical (unpaired) electrons. The van der Waals surface area contributed by atoms with Crippen molar-refractivity contribution in [2.75, 3.05) is 5.32 Å². The van der Waals surface area contributed by atoms with Crippen molar-refractivity contribution in [3.05, 3.63) is 64.1 Å². The van der Waals surface area contributed by atoms with Gasteiger partial charge < -0.3 is 5.32 Å². The fourth-order valence-electron chi connectivity index (χ4n) is 1.59. The number of halogens is 4. The molecule has 0 heterocycles. The van der Waals surface area contributed by atoms with Crippen molar-refractivity contribution in [1.29, 1.82) is 0 Å². The van der Waals surface area contributed by atoms with Crippen molar-refractivity contribution in [3.8, 4) is 0 Å². The van der Waals surface area contributed by atoms with E-state index in [1.165, 1.54) is 0 Å². The smallest absolute Gasteiger partial charge is 0.247 e. The van der Waals surface area contributed by atoms with E-state index in [1.54, 1.807) is 30.3 Å². The predicted molar refractivity (Wildman–Crippen MR) is 77.7 cm³/mol. The summed E-state index contributed by atoms with van der Waals surface area (Å²) in [4.78, 5) is 11.9. The number of alkyl halides is 1. The average Bonchev–Trinajstić information content (AvgIpc) is 2.44. The molecule has 0 bridgehead atoms. The Morgan fingerprint density at radius 3 is 2.45 bits per heavy atom. The van der Waals surface area contributed by atoms with Crippen LogP contribution in [0.3, 0.4) is 0 Å². The lowest BCUT2D eigenvalue weighted by Crippen LogP contribution is -2.18. The van der Waals surface area contributed by atoms with Crippen LogP contribution >= 0.6 is 27.5 Å². The summed E-state index contributed by atoms with van der Waals surface area (Å²) in [5.74, 6) is -2.20. The Balaban J connectivity index is 2.18. The van der Waals surface area contributed by atoms with Crippen LogP contribution in [0.5, 0.6) is 0 Å². The lowest BCUT2D eigenvalue weighted by atomic mass is 10.1. The maximum atomic E-state index is 13.5. The van der Waals surface area contributed by atoms with Crippen LogP contribution in [-0.2, 0) is 4.79 Å². The molecule has 2 aromatic rings. The first kappa shape index (κ1) is 14.9. The van der Waals surface area contributed by atoms with Crippen LogP contribution < -0.4 is 5.32 Å². The molecule has 0 saturated carbocycles. The van der Waals surface area contributed by atoms with Crippen LogP contribution in [0.4, 0.5) is 14.5 Å². The molecule has 0 aromatic heterocycles. The molecule has 0 aliphatic heterocycles. The standard InChI is InChI=1S/C14H9BrClF2NO/c15-9-6-12(11(18)7-10(9)17)19-14(20)13(16)8-4-2-1-3-5-8/h1-7,13H,(H,19,20). The van der Waals surface area contributed by atoms with Crippen LogP contribution in [0.2, 0.25) is 0 Å². The van der Waals surface area contributed by atoms with Crippen LogP contribution in [0.25, 0.3) is 0 Å². The molecule has 1 unspecified atom stereocenters. The van der Waals surface area contributed by atoms with Crippen LogP contribution in [-0.4, -0.2) is 5.91 Å². The van der Waals surface area contributed by atoms with Crippen molar-refractivity contribution in [2.45, 2.75) is 5.38 Å². The molecule has 0 aliphatic carbocycles. The highest BCUT2D eigenvalue weighted by molar-refractivity contribution is 9.10. The molecule has 0 spiro atoms. The quantitative estimate of drug-likeness (QED) is 0.627. The van der Waals surface area contributed by atoms with Gasteiger partial charge in [-0.25, -0.2) is 8.78 Å². The van der Waals surface area contributed by atoms with E-state index in [0.717, 1.165) is 6.07 Å². The zero-order chi connectivity index (χ0) is 14.7. The third kappa shape index (κ3) is 3.35. The second kappa shape index (κ2) is 6.33. The van der Waals surface area contributed by atoms with E-state index in [0.29, 0.717) is 11.6 Å². The van der Waals surface area contributed by atoms with Gasteiger partial charge in [-0.1, -0.05) is 30.3 Å². The first-order valence-corrected chi connectivity index (χ1v) is 6.86. The Bertz CT molecular complexity index is 637. The number of rotatable bonds is 3. The minimum Gasteiger partial charge on any atom is -0.322 e. The predicted octanol–water partition coefficient (Wildman–Crippen LogP) is 4.65. The van der Waals surface area contributed by atoms with Gasteiger partial charge in [-0.15, -0.1) is 11.6 Å². The Morgan fingerprint density at radius 2 is 1.80 bits per heavy atom. The average molecular weight is 361 g/mol. The Hall–Kier alpha value is -1.46. The van der Waals surface area contributed by atoms with Gasteiger partial charge in [0, 0.05) is 6.07 Å². The second-order valence-electron chi connectivity index (χ2n) is 4.01. The molecule has 0 fully saturated rings. The lowest BCUT2D eigenvalue weighted by Gasteiger charge is -2.12. The van der Waals surface area contributed by atoms with Crippen molar-refractivity contribution in [3.63, 3.8) is 0 Å². The number of nitrogens with one attached hydrogen (secondary N) is 1. The summed E-state index contributed by atoms with van der Waals surface area (Å²) >= 11 is 8.94. The van der Waals surface area contributed by atoms with E-state index in [9.17, 15) is 13.6 Å². The SMILES string of the molecule is O=C(Nc1cc(Br)c(F)cc1F)C(Cl)c1ccccc1. The summed E-state index contributed by atoms with van der Waals surface area (Å²) in [5, 5.41) is 1.38. The molecule has 1 atom stereocenters.